The summed E-state index contributed by atoms with van der Waals surface area (Å²) in [5, 5.41) is 30.0. The minimum atomic E-state index is -1.34. The van der Waals surface area contributed by atoms with Crippen LogP contribution < -0.4 is 0 Å². The molecule has 112 valence electrons. The number of ether oxygens (including phenoxy) is 1. The lowest BCUT2D eigenvalue weighted by Crippen LogP contribution is -2.41. The Morgan fingerprint density at radius 1 is 1.32 bits per heavy atom. The molecule has 0 saturated carbocycles. The van der Waals surface area contributed by atoms with Crippen molar-refractivity contribution in [2.75, 3.05) is 7.11 Å². The second kappa shape index (κ2) is 5.97. The highest BCUT2D eigenvalue weighted by Gasteiger charge is 2.49. The summed E-state index contributed by atoms with van der Waals surface area (Å²) >= 11 is 0. The van der Waals surface area contributed by atoms with Gasteiger partial charge < -0.3 is 4.74 Å². The van der Waals surface area contributed by atoms with E-state index in [0.717, 1.165) is 11.1 Å². The summed E-state index contributed by atoms with van der Waals surface area (Å²) in [6.07, 6.45) is 1.71. The summed E-state index contributed by atoms with van der Waals surface area (Å²) < 4.78 is 5.34. The summed E-state index contributed by atoms with van der Waals surface area (Å²) in [7, 11) is 1.47. The number of nitrogens with zero attached hydrogens (tertiary/aromatic N) is 3. The van der Waals surface area contributed by atoms with Crippen molar-refractivity contribution in [1.29, 1.82) is 10.5 Å². The van der Waals surface area contributed by atoms with Crippen molar-refractivity contribution in [3.8, 4) is 12.1 Å². The summed E-state index contributed by atoms with van der Waals surface area (Å²) in [5.41, 5.74) is 0.388. The van der Waals surface area contributed by atoms with E-state index < -0.39 is 22.4 Å². The molecular formula is C16H15N3O3. The van der Waals surface area contributed by atoms with Crippen LogP contribution in [0.25, 0.3) is 0 Å². The standard InChI is InChI=1S/C16H15N3O3/c1-11-7-14(12-3-5-13(6-4-12)19(20)21)16(9-17,10-18)15(8-11)22-2/h3-6,8,14-15H,7H2,1-2H3/t14-,15+/m0/s1. The Balaban J connectivity index is 2.52. The molecule has 1 aromatic carbocycles. The highest BCUT2D eigenvalue weighted by Crippen LogP contribution is 2.47. The van der Waals surface area contributed by atoms with E-state index in [1.165, 1.54) is 19.2 Å². The van der Waals surface area contributed by atoms with E-state index in [1.54, 1.807) is 18.2 Å². The topological polar surface area (TPSA) is 99.9 Å². The summed E-state index contributed by atoms with van der Waals surface area (Å²) in [4.78, 5) is 10.3. The number of hydrogen-bond donors (Lipinski definition) is 0. The first-order chi connectivity index (χ1) is 10.5. The predicted octanol–water partition coefficient (Wildman–Crippen LogP) is 3.08. The Labute approximate surface area is 128 Å². The van der Waals surface area contributed by atoms with Crippen LogP contribution in [-0.4, -0.2) is 18.1 Å². The summed E-state index contributed by atoms with van der Waals surface area (Å²) in [6.45, 7) is 1.92. The fourth-order valence-electron chi connectivity index (χ4n) is 2.91. The van der Waals surface area contributed by atoms with Gasteiger partial charge in [-0.2, -0.15) is 10.5 Å². The zero-order valence-corrected chi connectivity index (χ0v) is 12.3. The molecule has 2 rings (SSSR count). The Hall–Kier alpha value is -2.70. The Bertz CT molecular complexity index is 681. The maximum absolute atomic E-state index is 10.8. The monoisotopic (exact) mass is 297 g/mol. The van der Waals surface area contributed by atoms with Crippen LogP contribution in [0, 0.1) is 38.2 Å². The minimum absolute atomic E-state index is 0.0189. The van der Waals surface area contributed by atoms with E-state index in [-0.39, 0.29) is 5.69 Å². The van der Waals surface area contributed by atoms with E-state index in [9.17, 15) is 20.6 Å². The maximum atomic E-state index is 10.8. The molecule has 0 saturated heterocycles. The van der Waals surface area contributed by atoms with Crippen LogP contribution in [0.15, 0.2) is 35.9 Å². The van der Waals surface area contributed by atoms with Crippen molar-refractivity contribution in [2.45, 2.75) is 25.4 Å². The van der Waals surface area contributed by atoms with E-state index in [1.807, 2.05) is 6.92 Å². The molecule has 0 aromatic heterocycles. The first-order valence-corrected chi connectivity index (χ1v) is 6.75. The third-order valence-corrected chi connectivity index (χ3v) is 4.09. The molecule has 0 aliphatic heterocycles. The molecule has 0 heterocycles. The lowest BCUT2D eigenvalue weighted by atomic mass is 9.64. The van der Waals surface area contributed by atoms with E-state index >= 15 is 0 Å². The number of methoxy groups -OCH3 is 1. The van der Waals surface area contributed by atoms with Gasteiger partial charge in [-0.1, -0.05) is 23.8 Å². The number of allylic oxidation sites excluding steroid dienone is 1. The Morgan fingerprint density at radius 3 is 2.36 bits per heavy atom. The van der Waals surface area contributed by atoms with Crippen LogP contribution in [0.2, 0.25) is 0 Å². The van der Waals surface area contributed by atoms with Crippen LogP contribution >= 0.6 is 0 Å². The Morgan fingerprint density at radius 2 is 1.91 bits per heavy atom. The maximum Gasteiger partial charge on any atom is 0.269 e. The average molecular weight is 297 g/mol. The van der Waals surface area contributed by atoms with Gasteiger partial charge in [0, 0.05) is 25.2 Å². The van der Waals surface area contributed by atoms with Crippen LogP contribution in [-0.2, 0) is 4.74 Å². The molecule has 0 unspecified atom stereocenters. The van der Waals surface area contributed by atoms with Gasteiger partial charge in [-0.05, 0) is 18.9 Å². The summed E-state index contributed by atoms with van der Waals surface area (Å²) in [6, 6.07) is 10.2. The quantitative estimate of drug-likeness (QED) is 0.485. The van der Waals surface area contributed by atoms with Crippen molar-refractivity contribution in [3.63, 3.8) is 0 Å². The molecule has 1 aliphatic carbocycles. The molecule has 6 heteroatoms. The lowest BCUT2D eigenvalue weighted by Gasteiger charge is -2.38. The largest absolute Gasteiger partial charge is 0.375 e. The van der Waals surface area contributed by atoms with Crippen molar-refractivity contribution in [3.05, 3.63) is 51.6 Å². The molecular weight excluding hydrogens is 282 g/mol. The van der Waals surface area contributed by atoms with Gasteiger partial charge in [0.15, 0.2) is 5.41 Å². The third kappa shape index (κ3) is 2.45. The average Bonchev–Trinajstić information content (AvgIpc) is 2.54. The number of rotatable bonds is 3. The van der Waals surface area contributed by atoms with E-state index in [0.29, 0.717) is 6.42 Å². The molecule has 1 aliphatic rings. The number of nitro groups is 1. The molecule has 2 atom stereocenters. The first-order valence-electron chi connectivity index (χ1n) is 6.75. The Kier molecular flexibility index (Phi) is 4.25. The van der Waals surface area contributed by atoms with Crippen LogP contribution in [0.4, 0.5) is 5.69 Å². The number of nitro benzene ring substituents is 1. The van der Waals surface area contributed by atoms with Gasteiger partial charge >= 0.3 is 0 Å². The van der Waals surface area contributed by atoms with Crippen molar-refractivity contribution >= 4 is 5.69 Å². The zero-order chi connectivity index (χ0) is 16.3. The number of nitriles is 2. The molecule has 0 bridgehead atoms. The third-order valence-electron chi connectivity index (χ3n) is 4.09. The molecule has 22 heavy (non-hydrogen) atoms. The van der Waals surface area contributed by atoms with Gasteiger partial charge in [-0.15, -0.1) is 0 Å². The number of hydrogen-bond acceptors (Lipinski definition) is 5. The molecule has 6 nitrogen and oxygen atoms in total. The SMILES string of the molecule is CO[C@@H]1C=C(C)C[C@@H](c2ccc([N+](=O)[O-])cc2)C1(C#N)C#N. The molecule has 0 spiro atoms. The second-order valence-electron chi connectivity index (χ2n) is 5.37. The zero-order valence-electron chi connectivity index (χ0n) is 12.3. The van der Waals surface area contributed by atoms with E-state index in [2.05, 4.69) is 12.1 Å². The van der Waals surface area contributed by atoms with Crippen molar-refractivity contribution < 1.29 is 9.66 Å². The highest BCUT2D eigenvalue weighted by molar-refractivity contribution is 5.42. The molecule has 0 amide bonds. The second-order valence-corrected chi connectivity index (χ2v) is 5.37. The van der Waals surface area contributed by atoms with Crippen LogP contribution in [0.5, 0.6) is 0 Å². The lowest BCUT2D eigenvalue weighted by molar-refractivity contribution is -0.384. The van der Waals surface area contributed by atoms with Gasteiger partial charge in [-0.25, -0.2) is 0 Å². The van der Waals surface area contributed by atoms with Crippen LogP contribution in [0.3, 0.4) is 0 Å². The fraction of sp³-hybridized carbons (Fsp3) is 0.375. The molecule has 0 radical (unpaired) electrons. The fourth-order valence-corrected chi connectivity index (χ4v) is 2.91. The number of non-ortho nitro benzene ring substituents is 1. The highest BCUT2D eigenvalue weighted by atomic mass is 16.6. The van der Waals surface area contributed by atoms with Crippen molar-refractivity contribution in [2.24, 2.45) is 5.41 Å². The van der Waals surface area contributed by atoms with Gasteiger partial charge in [0.2, 0.25) is 0 Å². The number of benzene rings is 1. The van der Waals surface area contributed by atoms with Gasteiger partial charge in [0.25, 0.3) is 5.69 Å². The molecule has 0 fully saturated rings. The van der Waals surface area contributed by atoms with Crippen molar-refractivity contribution in [1.82, 2.24) is 0 Å². The smallest absolute Gasteiger partial charge is 0.269 e. The van der Waals surface area contributed by atoms with E-state index in [4.69, 9.17) is 4.74 Å². The molecule has 0 N–H and O–H groups in total. The molecule has 1 aromatic rings. The summed E-state index contributed by atoms with van der Waals surface area (Å²) in [5.74, 6) is -0.391. The van der Waals surface area contributed by atoms with Gasteiger partial charge in [-0.3, -0.25) is 10.1 Å². The minimum Gasteiger partial charge on any atom is -0.375 e. The van der Waals surface area contributed by atoms with Gasteiger partial charge in [0.1, 0.15) is 6.10 Å². The van der Waals surface area contributed by atoms with Gasteiger partial charge in [0.05, 0.1) is 17.1 Å². The van der Waals surface area contributed by atoms with Crippen LogP contribution in [0.1, 0.15) is 24.8 Å². The predicted molar refractivity (Wildman–Crippen MR) is 78.7 cm³/mol. The normalized spacial score (nSPS) is 23.0. The first kappa shape index (κ1) is 15.7.